The van der Waals surface area contributed by atoms with Crippen LogP contribution in [0.3, 0.4) is 0 Å². The topological polar surface area (TPSA) is 141 Å². The zero-order chi connectivity index (χ0) is 31.9. The molecule has 3 aromatic carbocycles. The smallest absolute Gasteiger partial charge is 0.254 e. The summed E-state index contributed by atoms with van der Waals surface area (Å²) in [6.07, 6.45) is 3.11. The summed E-state index contributed by atoms with van der Waals surface area (Å²) in [7, 11) is 1.65. The molecule has 2 heterocycles. The van der Waals surface area contributed by atoms with Gasteiger partial charge in [-0.2, -0.15) is 0 Å². The third-order valence-electron chi connectivity index (χ3n) is 7.88. The van der Waals surface area contributed by atoms with Gasteiger partial charge in [-0.25, -0.2) is 9.37 Å². The first-order valence-corrected chi connectivity index (χ1v) is 15.2. The maximum atomic E-state index is 13.4. The molecule has 1 amide bonds. The molecule has 0 bridgehead atoms. The fourth-order valence-electron chi connectivity index (χ4n) is 5.31. The summed E-state index contributed by atoms with van der Waals surface area (Å²) in [5, 5.41) is 0. The summed E-state index contributed by atoms with van der Waals surface area (Å²) in [4.78, 5) is 26.1. The van der Waals surface area contributed by atoms with E-state index in [0.29, 0.717) is 38.3 Å². The van der Waals surface area contributed by atoms with Crippen LogP contribution >= 0.6 is 0 Å². The lowest BCUT2D eigenvalue weighted by Crippen LogP contribution is -2.48. The highest BCUT2D eigenvalue weighted by Gasteiger charge is 2.24. The van der Waals surface area contributed by atoms with Crippen LogP contribution in [0.4, 0.5) is 10.1 Å². The highest BCUT2D eigenvalue weighted by atomic mass is 19.1. The molecule has 11 heteroatoms. The van der Waals surface area contributed by atoms with Gasteiger partial charge >= 0.3 is 0 Å². The molecule has 1 saturated carbocycles. The number of halogens is 1. The van der Waals surface area contributed by atoms with E-state index < -0.39 is 0 Å². The van der Waals surface area contributed by atoms with Gasteiger partial charge in [-0.3, -0.25) is 9.79 Å². The molecule has 236 valence electrons. The second-order valence-electron chi connectivity index (χ2n) is 11.1. The number of allylic oxidation sites excluding steroid dienone is 2. The van der Waals surface area contributed by atoms with Crippen LogP contribution in [0.2, 0.25) is 0 Å². The van der Waals surface area contributed by atoms with E-state index >= 15 is 0 Å². The van der Waals surface area contributed by atoms with Crippen LogP contribution in [0.5, 0.6) is 5.75 Å². The van der Waals surface area contributed by atoms with Gasteiger partial charge in [-0.15, -0.1) is 0 Å². The maximum absolute atomic E-state index is 13.4. The number of benzene rings is 3. The molecule has 1 aliphatic carbocycles. The Morgan fingerprint density at radius 3 is 2.33 bits per heavy atom. The second kappa shape index (κ2) is 14.1. The van der Waals surface area contributed by atoms with Gasteiger partial charge in [-0.1, -0.05) is 19.1 Å². The fraction of sp³-hybridized carbons (Fsp3) is 0.324. The molecule has 0 atom stereocenters. The molecule has 1 saturated heterocycles. The number of hydrogen-bond donors (Lipinski definition) is 3. The van der Waals surface area contributed by atoms with E-state index in [0.717, 1.165) is 65.4 Å². The molecule has 0 unspecified atom stereocenters. The van der Waals surface area contributed by atoms with E-state index in [2.05, 4.69) is 14.5 Å². The summed E-state index contributed by atoms with van der Waals surface area (Å²) >= 11 is 0. The maximum Gasteiger partial charge on any atom is 0.254 e. The average molecular weight is 613 g/mol. The predicted molar refractivity (Wildman–Crippen MR) is 178 cm³/mol. The lowest BCUT2D eigenvalue weighted by Gasteiger charge is -2.36. The molecule has 0 spiro atoms. The Hall–Kier alpha value is -5.06. The number of carbonyl (C=O) groups excluding carboxylic acids is 1. The summed E-state index contributed by atoms with van der Waals surface area (Å²) in [6, 6.07) is 20.1. The van der Waals surface area contributed by atoms with Gasteiger partial charge in [-0.05, 0) is 79.4 Å². The number of anilines is 1. The lowest BCUT2D eigenvalue weighted by atomic mass is 10.1. The summed E-state index contributed by atoms with van der Waals surface area (Å²) in [6.45, 7) is 5.90. The lowest BCUT2D eigenvalue weighted by molar-refractivity contribution is 0.0747. The van der Waals surface area contributed by atoms with E-state index in [1.807, 2.05) is 54.3 Å². The van der Waals surface area contributed by atoms with Crippen molar-refractivity contribution in [3.8, 4) is 17.1 Å². The molecule has 6 rings (SSSR count). The molecule has 0 radical (unpaired) electrons. The van der Waals surface area contributed by atoms with Crippen LogP contribution in [-0.2, 0) is 6.54 Å². The number of guanidine groups is 1. The van der Waals surface area contributed by atoms with Crippen molar-refractivity contribution in [1.29, 1.82) is 0 Å². The van der Waals surface area contributed by atoms with Crippen molar-refractivity contribution >= 4 is 28.6 Å². The molecule has 2 fully saturated rings. The molecular formula is C34H41FN8O2. The van der Waals surface area contributed by atoms with Crippen molar-refractivity contribution in [3.63, 3.8) is 0 Å². The number of aliphatic imine (C=N–C) groups is 1. The minimum absolute atomic E-state index is 0.0113. The first-order valence-electron chi connectivity index (χ1n) is 15.2. The molecule has 4 aromatic rings. The number of rotatable bonds is 8. The highest BCUT2D eigenvalue weighted by Crippen LogP contribution is 2.33. The average Bonchev–Trinajstić information content (AvgIpc) is 3.86. The number of ether oxygens (including phenoxy) is 1. The van der Waals surface area contributed by atoms with Crippen LogP contribution in [-0.4, -0.2) is 66.2 Å². The molecule has 1 aliphatic heterocycles. The number of piperazine rings is 1. The number of amides is 1. The predicted octanol–water partition coefficient (Wildman–Crippen LogP) is 4.49. The summed E-state index contributed by atoms with van der Waals surface area (Å²) in [5.41, 5.74) is 22.8. The van der Waals surface area contributed by atoms with Gasteiger partial charge < -0.3 is 36.3 Å². The number of methoxy groups -OCH3 is 1. The van der Waals surface area contributed by atoms with Crippen LogP contribution in [0.15, 0.2) is 83.0 Å². The van der Waals surface area contributed by atoms with Crippen molar-refractivity contribution < 1.29 is 13.9 Å². The van der Waals surface area contributed by atoms with Crippen molar-refractivity contribution in [2.45, 2.75) is 32.7 Å². The minimum atomic E-state index is -0.248. The van der Waals surface area contributed by atoms with Gasteiger partial charge in [0.25, 0.3) is 5.91 Å². The third kappa shape index (κ3) is 7.72. The van der Waals surface area contributed by atoms with Crippen molar-refractivity contribution in [2.24, 2.45) is 22.2 Å². The van der Waals surface area contributed by atoms with Gasteiger partial charge in [0.15, 0.2) is 5.96 Å². The van der Waals surface area contributed by atoms with Gasteiger partial charge in [0.1, 0.15) is 17.4 Å². The van der Waals surface area contributed by atoms with E-state index in [1.165, 1.54) is 17.7 Å². The number of nitrogens with zero attached hydrogens (tertiary/aromatic N) is 5. The quantitative estimate of drug-likeness (QED) is 0.197. The Morgan fingerprint density at radius 1 is 0.978 bits per heavy atom. The Morgan fingerprint density at radius 2 is 1.71 bits per heavy atom. The number of imidazole rings is 1. The molecule has 2 aliphatic rings. The molecule has 1 aromatic heterocycles. The van der Waals surface area contributed by atoms with Gasteiger partial charge in [0, 0.05) is 55.2 Å². The number of fused-ring (bicyclic) bond motifs is 1. The van der Waals surface area contributed by atoms with Crippen molar-refractivity contribution in [1.82, 2.24) is 14.5 Å². The number of nitrogens with two attached hydrogens (primary N) is 3. The zero-order valence-corrected chi connectivity index (χ0v) is 25.9. The van der Waals surface area contributed by atoms with Crippen LogP contribution in [0, 0.1) is 5.82 Å². The Labute approximate surface area is 263 Å². The van der Waals surface area contributed by atoms with E-state index in [-0.39, 0.29) is 17.7 Å². The van der Waals surface area contributed by atoms with Crippen molar-refractivity contribution in [3.05, 3.63) is 89.4 Å². The number of aromatic nitrogens is 2. The first-order chi connectivity index (χ1) is 21.8. The van der Waals surface area contributed by atoms with Crippen molar-refractivity contribution in [2.75, 3.05) is 44.7 Å². The largest absolute Gasteiger partial charge is 0.497 e. The second-order valence-corrected chi connectivity index (χ2v) is 11.1. The monoisotopic (exact) mass is 612 g/mol. The SMILES string of the molecule is CCCN=C(N)N.COc1cccc(-c2nc3cc(C(=O)N4CCN(c5ccc(F)cc5)CC4)ccc3n2CC(N)=C2CC2)c1. The zero-order valence-electron chi connectivity index (χ0n) is 25.9. The Balaban J connectivity index is 0.000000515. The van der Waals surface area contributed by atoms with E-state index in [4.69, 9.17) is 26.9 Å². The standard InChI is InChI=1S/C30H30FN5O2.C4H11N3/c1-38-25-4-2-3-21(17-25)29-33-27-18-22(7-12-28(27)36(29)19-26(32)20-5-6-20)30(37)35-15-13-34(14-16-35)24-10-8-23(31)9-11-24;1-2-3-7-4(5)6/h2-4,7-12,17-18H,5-6,13-16,19,32H2,1H3;2-3H2,1H3,(H4,5,6,7). The fourth-order valence-corrected chi connectivity index (χ4v) is 5.31. The normalized spacial score (nSPS) is 14.1. The first kappa shape index (κ1) is 31.4. The molecule has 10 nitrogen and oxygen atoms in total. The minimum Gasteiger partial charge on any atom is -0.497 e. The Kier molecular flexibility index (Phi) is 9.86. The van der Waals surface area contributed by atoms with Crippen LogP contribution in [0.1, 0.15) is 36.5 Å². The number of hydrogen-bond acceptors (Lipinski definition) is 6. The molecule has 45 heavy (non-hydrogen) atoms. The summed E-state index contributed by atoms with van der Waals surface area (Å²) < 4.78 is 20.8. The number of carbonyl (C=O) groups is 1. The summed E-state index contributed by atoms with van der Waals surface area (Å²) in [5.74, 6) is 1.47. The Bertz CT molecular complexity index is 1700. The van der Waals surface area contributed by atoms with Gasteiger partial charge in [0.2, 0.25) is 0 Å². The highest BCUT2D eigenvalue weighted by molar-refractivity contribution is 5.98. The van der Waals surface area contributed by atoms with Crippen LogP contribution in [0.25, 0.3) is 22.4 Å². The third-order valence-corrected chi connectivity index (χ3v) is 7.88. The molecule has 6 N–H and O–H groups in total. The van der Waals surface area contributed by atoms with Gasteiger partial charge in [0.05, 0.1) is 24.7 Å². The van der Waals surface area contributed by atoms with E-state index in [1.54, 1.807) is 19.2 Å². The van der Waals surface area contributed by atoms with E-state index in [9.17, 15) is 9.18 Å². The molecular weight excluding hydrogens is 571 g/mol. The van der Waals surface area contributed by atoms with Crippen LogP contribution < -0.4 is 26.8 Å².